The van der Waals surface area contributed by atoms with Gasteiger partial charge in [0.05, 0.1) is 6.54 Å². The van der Waals surface area contributed by atoms with E-state index in [-0.39, 0.29) is 29.9 Å². The lowest BCUT2D eigenvalue weighted by molar-refractivity contribution is -0.128. The summed E-state index contributed by atoms with van der Waals surface area (Å²) in [6, 6.07) is 8.24. The van der Waals surface area contributed by atoms with Crippen LogP contribution in [0, 0.1) is 5.92 Å². The molecule has 1 unspecified atom stereocenters. The molecule has 1 aromatic carbocycles. The standard InChI is InChI=1S/C19H28N4O.HI/c1-15-6-4-11-23(13-15)19(20)21-12-16-7-2-3-8-17(16)14-22-10-5-9-18(22)24;/h2-3,7-8,15H,4-6,9-14H2,1H3,(H2,20,21);1H. The van der Waals surface area contributed by atoms with Gasteiger partial charge in [0.2, 0.25) is 5.91 Å². The average Bonchev–Trinajstić information content (AvgIpc) is 2.99. The van der Waals surface area contributed by atoms with E-state index < -0.39 is 0 Å². The highest BCUT2D eigenvalue weighted by atomic mass is 127. The molecule has 1 aromatic rings. The van der Waals surface area contributed by atoms with E-state index in [1.807, 2.05) is 17.0 Å². The van der Waals surface area contributed by atoms with Gasteiger partial charge < -0.3 is 15.5 Å². The van der Waals surface area contributed by atoms with E-state index in [2.05, 4.69) is 28.9 Å². The SMILES string of the molecule is CC1CCCN(C(N)=NCc2ccccc2CN2CCCC2=O)C1.I. The van der Waals surface area contributed by atoms with Gasteiger partial charge in [-0.15, -0.1) is 24.0 Å². The summed E-state index contributed by atoms with van der Waals surface area (Å²) < 4.78 is 0. The highest BCUT2D eigenvalue weighted by Gasteiger charge is 2.21. The Kier molecular flexibility index (Phi) is 7.53. The molecule has 0 bridgehead atoms. The Morgan fingerprint density at radius 1 is 1.24 bits per heavy atom. The van der Waals surface area contributed by atoms with Crippen LogP contribution in [-0.2, 0) is 17.9 Å². The van der Waals surface area contributed by atoms with Crippen molar-refractivity contribution in [1.82, 2.24) is 9.80 Å². The summed E-state index contributed by atoms with van der Waals surface area (Å²) in [4.78, 5) is 20.6. The Balaban J connectivity index is 0.00000225. The molecule has 2 fully saturated rings. The van der Waals surface area contributed by atoms with Gasteiger partial charge in [0.1, 0.15) is 0 Å². The number of carbonyl (C=O) groups is 1. The molecule has 6 heteroatoms. The number of guanidine groups is 1. The van der Waals surface area contributed by atoms with E-state index >= 15 is 0 Å². The van der Waals surface area contributed by atoms with Crippen molar-refractivity contribution in [2.24, 2.45) is 16.6 Å². The molecule has 2 N–H and O–H groups in total. The summed E-state index contributed by atoms with van der Waals surface area (Å²) >= 11 is 0. The van der Waals surface area contributed by atoms with Crippen LogP contribution in [0.4, 0.5) is 0 Å². The largest absolute Gasteiger partial charge is 0.370 e. The van der Waals surface area contributed by atoms with Crippen molar-refractivity contribution in [2.45, 2.75) is 45.7 Å². The second-order valence-corrected chi connectivity index (χ2v) is 7.06. The molecule has 2 aliphatic heterocycles. The quantitative estimate of drug-likeness (QED) is 0.431. The van der Waals surface area contributed by atoms with Gasteiger partial charge in [-0.3, -0.25) is 4.79 Å². The zero-order valence-corrected chi connectivity index (χ0v) is 17.3. The second kappa shape index (κ2) is 9.40. The van der Waals surface area contributed by atoms with Gasteiger partial charge in [-0.05, 0) is 36.3 Å². The van der Waals surface area contributed by atoms with E-state index in [9.17, 15) is 4.79 Å². The van der Waals surface area contributed by atoms with Gasteiger partial charge in [0.15, 0.2) is 5.96 Å². The topological polar surface area (TPSA) is 61.9 Å². The van der Waals surface area contributed by atoms with E-state index in [4.69, 9.17) is 5.73 Å². The fraction of sp³-hybridized carbons (Fsp3) is 0.579. The summed E-state index contributed by atoms with van der Waals surface area (Å²) in [7, 11) is 0. The second-order valence-electron chi connectivity index (χ2n) is 7.06. The van der Waals surface area contributed by atoms with Crippen molar-refractivity contribution in [1.29, 1.82) is 0 Å². The first kappa shape index (κ1) is 20.0. The Bertz CT molecular complexity index is 619. The first-order valence-corrected chi connectivity index (χ1v) is 9.03. The number of carbonyl (C=O) groups excluding carboxylic acids is 1. The summed E-state index contributed by atoms with van der Waals surface area (Å²) in [6.45, 7) is 6.40. The number of amides is 1. The molecule has 25 heavy (non-hydrogen) atoms. The molecule has 3 rings (SSSR count). The van der Waals surface area contributed by atoms with Gasteiger partial charge >= 0.3 is 0 Å². The molecule has 1 atom stereocenters. The van der Waals surface area contributed by atoms with Gasteiger partial charge in [-0.25, -0.2) is 4.99 Å². The van der Waals surface area contributed by atoms with E-state index in [0.717, 1.165) is 31.6 Å². The zero-order valence-electron chi connectivity index (χ0n) is 15.0. The molecule has 138 valence electrons. The lowest BCUT2D eigenvalue weighted by atomic mass is 10.0. The van der Waals surface area contributed by atoms with Crippen LogP contribution < -0.4 is 5.73 Å². The predicted molar refractivity (Wildman–Crippen MR) is 112 cm³/mol. The number of nitrogens with zero attached hydrogens (tertiary/aromatic N) is 3. The predicted octanol–water partition coefficient (Wildman–Crippen LogP) is 2.97. The molecule has 0 aliphatic carbocycles. The molecule has 0 saturated carbocycles. The Labute approximate surface area is 167 Å². The first-order valence-electron chi connectivity index (χ1n) is 9.03. The maximum atomic E-state index is 11.9. The molecular weight excluding hydrogens is 427 g/mol. The molecule has 5 nitrogen and oxygen atoms in total. The third kappa shape index (κ3) is 5.33. The number of halogens is 1. The Morgan fingerprint density at radius 2 is 2.00 bits per heavy atom. The van der Waals surface area contributed by atoms with Crippen molar-refractivity contribution >= 4 is 35.8 Å². The minimum absolute atomic E-state index is 0. The van der Waals surface area contributed by atoms with Crippen molar-refractivity contribution in [3.8, 4) is 0 Å². The summed E-state index contributed by atoms with van der Waals surface area (Å²) in [5.41, 5.74) is 8.54. The summed E-state index contributed by atoms with van der Waals surface area (Å²) in [5, 5.41) is 0. The Morgan fingerprint density at radius 3 is 2.68 bits per heavy atom. The van der Waals surface area contributed by atoms with Crippen LogP contribution >= 0.6 is 24.0 Å². The van der Waals surface area contributed by atoms with Gasteiger partial charge in [-0.2, -0.15) is 0 Å². The van der Waals surface area contributed by atoms with E-state index in [0.29, 0.717) is 31.4 Å². The van der Waals surface area contributed by atoms with Crippen molar-refractivity contribution < 1.29 is 4.79 Å². The normalized spacial score (nSPS) is 21.4. The number of hydrogen-bond donors (Lipinski definition) is 1. The minimum atomic E-state index is 0. The fourth-order valence-electron chi connectivity index (χ4n) is 3.61. The molecule has 1 amide bonds. The third-order valence-corrected chi connectivity index (χ3v) is 5.04. The van der Waals surface area contributed by atoms with E-state index in [1.54, 1.807) is 0 Å². The first-order chi connectivity index (χ1) is 11.6. The lowest BCUT2D eigenvalue weighted by Crippen LogP contribution is -2.43. The fourth-order valence-corrected chi connectivity index (χ4v) is 3.61. The zero-order chi connectivity index (χ0) is 16.9. The van der Waals surface area contributed by atoms with Crippen LogP contribution in [0.3, 0.4) is 0 Å². The number of aliphatic imine (C=N–C) groups is 1. The summed E-state index contributed by atoms with van der Waals surface area (Å²) in [5.74, 6) is 1.59. The van der Waals surface area contributed by atoms with Crippen LogP contribution in [0.1, 0.15) is 43.7 Å². The maximum absolute atomic E-state index is 11.9. The van der Waals surface area contributed by atoms with Crippen LogP contribution in [0.15, 0.2) is 29.3 Å². The average molecular weight is 456 g/mol. The minimum Gasteiger partial charge on any atom is -0.370 e. The molecule has 0 aromatic heterocycles. The lowest BCUT2D eigenvalue weighted by Gasteiger charge is -2.31. The van der Waals surface area contributed by atoms with Crippen molar-refractivity contribution in [3.63, 3.8) is 0 Å². The van der Waals surface area contributed by atoms with E-state index in [1.165, 1.54) is 18.4 Å². The molecule has 0 spiro atoms. The van der Waals surface area contributed by atoms with Gasteiger partial charge in [0, 0.05) is 32.6 Å². The third-order valence-electron chi connectivity index (χ3n) is 5.04. The number of piperidine rings is 1. The highest BCUT2D eigenvalue weighted by Crippen LogP contribution is 2.19. The van der Waals surface area contributed by atoms with Crippen LogP contribution in [-0.4, -0.2) is 41.3 Å². The monoisotopic (exact) mass is 456 g/mol. The number of likely N-dealkylation sites (tertiary alicyclic amines) is 2. The van der Waals surface area contributed by atoms with Gasteiger partial charge in [0.25, 0.3) is 0 Å². The summed E-state index contributed by atoms with van der Waals surface area (Å²) in [6.07, 6.45) is 4.11. The maximum Gasteiger partial charge on any atom is 0.222 e. The Hall–Kier alpha value is -1.31. The van der Waals surface area contributed by atoms with Crippen molar-refractivity contribution in [2.75, 3.05) is 19.6 Å². The smallest absolute Gasteiger partial charge is 0.222 e. The molecular formula is C19H29IN4O. The van der Waals surface area contributed by atoms with Gasteiger partial charge in [-0.1, -0.05) is 31.2 Å². The van der Waals surface area contributed by atoms with Crippen LogP contribution in [0.5, 0.6) is 0 Å². The molecule has 2 saturated heterocycles. The van der Waals surface area contributed by atoms with Crippen LogP contribution in [0.2, 0.25) is 0 Å². The number of rotatable bonds is 4. The molecule has 2 aliphatic rings. The molecule has 0 radical (unpaired) electrons. The van der Waals surface area contributed by atoms with Crippen molar-refractivity contribution in [3.05, 3.63) is 35.4 Å². The number of nitrogens with two attached hydrogens (primary N) is 1. The number of hydrogen-bond acceptors (Lipinski definition) is 2. The molecule has 2 heterocycles. The number of benzene rings is 1. The highest BCUT2D eigenvalue weighted by molar-refractivity contribution is 14.0. The van der Waals surface area contributed by atoms with Crippen LogP contribution in [0.25, 0.3) is 0 Å².